The van der Waals surface area contributed by atoms with Crippen LogP contribution < -0.4 is 11.1 Å². The van der Waals surface area contributed by atoms with Gasteiger partial charge in [-0.1, -0.05) is 18.2 Å². The van der Waals surface area contributed by atoms with E-state index in [9.17, 15) is 4.79 Å². The predicted molar refractivity (Wildman–Crippen MR) is 70.2 cm³/mol. The summed E-state index contributed by atoms with van der Waals surface area (Å²) in [5.74, 6) is 0.188. The van der Waals surface area contributed by atoms with E-state index in [4.69, 9.17) is 10.5 Å². The summed E-state index contributed by atoms with van der Waals surface area (Å²) in [5.41, 5.74) is 6.75. The van der Waals surface area contributed by atoms with Crippen LogP contribution in [0.25, 0.3) is 0 Å². The van der Waals surface area contributed by atoms with Crippen LogP contribution in [-0.2, 0) is 11.3 Å². The first-order valence-electron chi connectivity index (χ1n) is 6.43. The van der Waals surface area contributed by atoms with Crippen LogP contribution in [0.15, 0.2) is 24.3 Å². The molecule has 0 bridgehead atoms. The van der Waals surface area contributed by atoms with E-state index in [0.29, 0.717) is 18.1 Å². The fourth-order valence-electron chi connectivity index (χ4n) is 2.29. The van der Waals surface area contributed by atoms with Crippen LogP contribution in [0.5, 0.6) is 0 Å². The van der Waals surface area contributed by atoms with Gasteiger partial charge in [-0.15, -0.1) is 0 Å². The Labute approximate surface area is 108 Å². The SMILES string of the molecule is NC(=O)c1ccccc1COCC1CCCNC1. The number of carbonyl (C=O) groups excluding carboxylic acids is 1. The lowest BCUT2D eigenvalue weighted by Gasteiger charge is -2.22. The van der Waals surface area contributed by atoms with Crippen LogP contribution in [0.4, 0.5) is 0 Å². The van der Waals surface area contributed by atoms with Crippen LogP contribution in [0.2, 0.25) is 0 Å². The number of amides is 1. The lowest BCUT2D eigenvalue weighted by Crippen LogP contribution is -2.32. The number of benzene rings is 1. The average molecular weight is 248 g/mol. The van der Waals surface area contributed by atoms with Crippen LogP contribution in [-0.4, -0.2) is 25.6 Å². The molecule has 1 fully saturated rings. The van der Waals surface area contributed by atoms with Crippen molar-refractivity contribution in [2.24, 2.45) is 11.7 Å². The summed E-state index contributed by atoms with van der Waals surface area (Å²) in [6.07, 6.45) is 2.43. The molecule has 1 heterocycles. The predicted octanol–water partition coefficient (Wildman–Crippen LogP) is 1.30. The molecule has 1 aliphatic heterocycles. The molecule has 1 atom stereocenters. The monoisotopic (exact) mass is 248 g/mol. The first kappa shape index (κ1) is 13.1. The molecule has 0 radical (unpaired) electrons. The van der Waals surface area contributed by atoms with E-state index in [1.54, 1.807) is 6.07 Å². The second kappa shape index (κ2) is 6.52. The summed E-state index contributed by atoms with van der Waals surface area (Å²) in [7, 11) is 0. The van der Waals surface area contributed by atoms with Gasteiger partial charge < -0.3 is 15.8 Å². The van der Waals surface area contributed by atoms with Crippen molar-refractivity contribution in [3.8, 4) is 0 Å². The molecule has 98 valence electrons. The maximum absolute atomic E-state index is 11.2. The summed E-state index contributed by atoms with van der Waals surface area (Å²) in [4.78, 5) is 11.2. The molecule has 4 nitrogen and oxygen atoms in total. The van der Waals surface area contributed by atoms with Crippen LogP contribution in [0.1, 0.15) is 28.8 Å². The van der Waals surface area contributed by atoms with Gasteiger partial charge in [-0.3, -0.25) is 4.79 Å². The zero-order valence-electron chi connectivity index (χ0n) is 10.5. The quantitative estimate of drug-likeness (QED) is 0.825. The molecule has 0 aromatic heterocycles. The van der Waals surface area contributed by atoms with Gasteiger partial charge in [0.25, 0.3) is 0 Å². The molecule has 0 saturated carbocycles. The molecule has 1 unspecified atom stereocenters. The van der Waals surface area contributed by atoms with Gasteiger partial charge in [-0.2, -0.15) is 0 Å². The van der Waals surface area contributed by atoms with Crippen LogP contribution >= 0.6 is 0 Å². The maximum Gasteiger partial charge on any atom is 0.249 e. The van der Waals surface area contributed by atoms with E-state index in [-0.39, 0.29) is 0 Å². The van der Waals surface area contributed by atoms with Crippen LogP contribution in [0.3, 0.4) is 0 Å². The molecule has 4 heteroatoms. The van der Waals surface area contributed by atoms with E-state index in [1.165, 1.54) is 12.8 Å². The smallest absolute Gasteiger partial charge is 0.249 e. The number of carbonyl (C=O) groups is 1. The largest absolute Gasteiger partial charge is 0.376 e. The van der Waals surface area contributed by atoms with Gasteiger partial charge in [0.05, 0.1) is 13.2 Å². The highest BCUT2D eigenvalue weighted by Crippen LogP contribution is 2.13. The fraction of sp³-hybridized carbons (Fsp3) is 0.500. The molecule has 1 saturated heterocycles. The fourth-order valence-corrected chi connectivity index (χ4v) is 2.29. The number of primary amides is 1. The van der Waals surface area contributed by atoms with E-state index >= 15 is 0 Å². The summed E-state index contributed by atoms with van der Waals surface area (Å²) in [6, 6.07) is 7.34. The number of nitrogens with two attached hydrogens (primary N) is 1. The second-order valence-corrected chi connectivity index (χ2v) is 4.75. The second-order valence-electron chi connectivity index (χ2n) is 4.75. The third kappa shape index (κ3) is 3.55. The van der Waals surface area contributed by atoms with Crippen molar-refractivity contribution >= 4 is 5.91 Å². The van der Waals surface area contributed by atoms with E-state index in [1.807, 2.05) is 18.2 Å². The molecule has 1 aromatic carbocycles. The first-order chi connectivity index (χ1) is 8.77. The van der Waals surface area contributed by atoms with E-state index in [2.05, 4.69) is 5.32 Å². The molecule has 1 aromatic rings. The van der Waals surface area contributed by atoms with Gasteiger partial charge in [0, 0.05) is 12.1 Å². The van der Waals surface area contributed by atoms with Crippen LogP contribution in [0, 0.1) is 5.92 Å². The zero-order valence-corrected chi connectivity index (χ0v) is 10.5. The molecule has 18 heavy (non-hydrogen) atoms. The number of ether oxygens (including phenoxy) is 1. The Balaban J connectivity index is 1.84. The topological polar surface area (TPSA) is 64.4 Å². The highest BCUT2D eigenvalue weighted by Gasteiger charge is 2.13. The van der Waals surface area contributed by atoms with Crippen molar-refractivity contribution in [1.29, 1.82) is 0 Å². The van der Waals surface area contributed by atoms with Gasteiger partial charge in [-0.25, -0.2) is 0 Å². The summed E-state index contributed by atoms with van der Waals surface area (Å²) in [6.45, 7) is 3.33. The highest BCUT2D eigenvalue weighted by atomic mass is 16.5. The minimum Gasteiger partial charge on any atom is -0.376 e. The Morgan fingerprint density at radius 1 is 1.44 bits per heavy atom. The molecular formula is C14H20N2O2. The molecule has 2 rings (SSSR count). The first-order valence-corrected chi connectivity index (χ1v) is 6.43. The van der Waals surface area contributed by atoms with Gasteiger partial charge in [0.1, 0.15) is 0 Å². The molecule has 3 N–H and O–H groups in total. The van der Waals surface area contributed by atoms with Crippen molar-refractivity contribution in [1.82, 2.24) is 5.32 Å². The summed E-state index contributed by atoms with van der Waals surface area (Å²) < 4.78 is 5.70. The van der Waals surface area contributed by atoms with Crippen molar-refractivity contribution in [2.75, 3.05) is 19.7 Å². The number of rotatable bonds is 5. The lowest BCUT2D eigenvalue weighted by molar-refractivity contribution is 0.0770. The molecule has 1 aliphatic rings. The highest BCUT2D eigenvalue weighted by molar-refractivity contribution is 5.94. The molecular weight excluding hydrogens is 228 g/mol. The Hall–Kier alpha value is -1.39. The van der Waals surface area contributed by atoms with Crippen molar-refractivity contribution in [2.45, 2.75) is 19.4 Å². The van der Waals surface area contributed by atoms with Crippen molar-refractivity contribution in [3.63, 3.8) is 0 Å². The Bertz CT molecular complexity index is 401. The van der Waals surface area contributed by atoms with Gasteiger partial charge in [-0.05, 0) is 36.9 Å². The van der Waals surface area contributed by atoms with Crippen molar-refractivity contribution in [3.05, 3.63) is 35.4 Å². The summed E-state index contributed by atoms with van der Waals surface area (Å²) in [5, 5.41) is 3.36. The molecule has 1 amide bonds. The third-order valence-electron chi connectivity index (χ3n) is 3.29. The minimum absolute atomic E-state index is 0.395. The number of piperidine rings is 1. The summed E-state index contributed by atoms with van der Waals surface area (Å²) >= 11 is 0. The van der Waals surface area contributed by atoms with E-state index in [0.717, 1.165) is 25.3 Å². The molecule has 0 spiro atoms. The van der Waals surface area contributed by atoms with Crippen molar-refractivity contribution < 1.29 is 9.53 Å². The Morgan fingerprint density at radius 3 is 3.00 bits per heavy atom. The normalized spacial score (nSPS) is 19.7. The molecule has 0 aliphatic carbocycles. The minimum atomic E-state index is -0.395. The van der Waals surface area contributed by atoms with E-state index < -0.39 is 5.91 Å². The van der Waals surface area contributed by atoms with Gasteiger partial charge in [0.2, 0.25) is 5.91 Å². The lowest BCUT2D eigenvalue weighted by atomic mass is 10.0. The van der Waals surface area contributed by atoms with Gasteiger partial charge >= 0.3 is 0 Å². The third-order valence-corrected chi connectivity index (χ3v) is 3.29. The average Bonchev–Trinajstić information content (AvgIpc) is 2.40. The standard InChI is InChI=1S/C14H20N2O2/c15-14(17)13-6-2-1-5-12(13)10-18-9-11-4-3-7-16-8-11/h1-2,5-6,11,16H,3-4,7-10H2,(H2,15,17). The Morgan fingerprint density at radius 2 is 2.28 bits per heavy atom. The Kier molecular flexibility index (Phi) is 4.73. The number of hydrogen-bond acceptors (Lipinski definition) is 3. The number of nitrogens with one attached hydrogen (secondary N) is 1. The van der Waals surface area contributed by atoms with Gasteiger partial charge in [0.15, 0.2) is 0 Å². The zero-order chi connectivity index (χ0) is 12.8. The number of hydrogen-bond donors (Lipinski definition) is 2. The maximum atomic E-state index is 11.2.